The van der Waals surface area contributed by atoms with Crippen molar-refractivity contribution in [3.63, 3.8) is 0 Å². The molecule has 0 aliphatic carbocycles. The van der Waals surface area contributed by atoms with Crippen LogP contribution in [0.2, 0.25) is 0 Å². The molecule has 0 radical (unpaired) electrons. The lowest BCUT2D eigenvalue weighted by Gasteiger charge is -2.42. The first-order chi connectivity index (χ1) is 13.6. The molecule has 28 heavy (non-hydrogen) atoms. The van der Waals surface area contributed by atoms with Crippen LogP contribution in [0.4, 0.5) is 17.1 Å². The summed E-state index contributed by atoms with van der Waals surface area (Å²) in [6.45, 7) is 2.30. The molecule has 1 aliphatic heterocycles. The summed E-state index contributed by atoms with van der Waals surface area (Å²) >= 11 is 0. The Morgan fingerprint density at radius 1 is 1.14 bits per heavy atom. The van der Waals surface area contributed by atoms with Gasteiger partial charge in [0.05, 0.1) is 11.5 Å². The van der Waals surface area contributed by atoms with Crippen LogP contribution in [0.25, 0.3) is 0 Å². The van der Waals surface area contributed by atoms with Crippen LogP contribution in [0.5, 0.6) is 0 Å². The number of hydrogen-bond donors (Lipinski definition) is 2. The number of nitrogens with zero attached hydrogens (tertiary/aromatic N) is 3. The van der Waals surface area contributed by atoms with Crippen molar-refractivity contribution in [3.05, 3.63) is 64.7 Å². The first-order valence-electron chi connectivity index (χ1n) is 9.26. The zero-order valence-electron chi connectivity index (χ0n) is 15.5. The normalized spacial score (nSPS) is 17.3. The maximum Gasteiger partial charge on any atom is 0.292 e. The quantitative estimate of drug-likeness (QED) is 0.560. The monoisotopic (exact) mass is 384 g/mol. The number of amides is 1. The van der Waals surface area contributed by atoms with Crippen molar-refractivity contribution in [3.8, 4) is 0 Å². The Morgan fingerprint density at radius 2 is 1.86 bits per heavy atom. The van der Waals surface area contributed by atoms with Gasteiger partial charge in [0.15, 0.2) is 0 Å². The lowest BCUT2D eigenvalue weighted by atomic mass is 10.1. The molecule has 0 saturated carbocycles. The molecule has 2 aromatic rings. The molecule has 0 aromatic heterocycles. The number of hydrogen-bond acceptors (Lipinski definition) is 6. The average molecular weight is 384 g/mol. The third kappa shape index (κ3) is 4.85. The molecular formula is C20H24N4O4. The molecule has 8 heteroatoms. The Labute approximate surface area is 163 Å². The van der Waals surface area contributed by atoms with E-state index in [0.29, 0.717) is 19.5 Å². The van der Waals surface area contributed by atoms with Crippen molar-refractivity contribution in [2.24, 2.45) is 0 Å². The van der Waals surface area contributed by atoms with Crippen molar-refractivity contribution in [1.82, 2.24) is 4.90 Å². The highest BCUT2D eigenvalue weighted by molar-refractivity contribution is 5.94. The number of aliphatic hydroxyl groups is 1. The van der Waals surface area contributed by atoms with Gasteiger partial charge in [0.2, 0.25) is 5.91 Å². The van der Waals surface area contributed by atoms with Crippen LogP contribution in [0, 0.1) is 10.1 Å². The number of carbonyl (C=O) groups is 1. The fourth-order valence-corrected chi connectivity index (χ4v) is 3.55. The van der Waals surface area contributed by atoms with Gasteiger partial charge < -0.3 is 15.3 Å². The molecule has 2 aromatic carbocycles. The van der Waals surface area contributed by atoms with Gasteiger partial charge in [-0.3, -0.25) is 19.8 Å². The zero-order valence-corrected chi connectivity index (χ0v) is 15.5. The van der Waals surface area contributed by atoms with Crippen molar-refractivity contribution >= 4 is 23.0 Å². The van der Waals surface area contributed by atoms with Crippen LogP contribution >= 0.6 is 0 Å². The van der Waals surface area contributed by atoms with Crippen LogP contribution in [-0.2, 0) is 4.79 Å². The minimum absolute atomic E-state index is 0.0737. The number of para-hydroxylation sites is 3. The van der Waals surface area contributed by atoms with E-state index in [1.54, 1.807) is 12.1 Å². The summed E-state index contributed by atoms with van der Waals surface area (Å²) in [5, 5.41) is 23.2. The summed E-state index contributed by atoms with van der Waals surface area (Å²) in [6.07, 6.45) is 0.608. The lowest BCUT2D eigenvalue weighted by Crippen LogP contribution is -2.55. The number of carbonyl (C=O) groups excluding carboxylic acids is 1. The van der Waals surface area contributed by atoms with Gasteiger partial charge in [0.25, 0.3) is 5.69 Å². The van der Waals surface area contributed by atoms with Crippen LogP contribution in [0.3, 0.4) is 0 Å². The second-order valence-corrected chi connectivity index (χ2v) is 6.75. The first kappa shape index (κ1) is 19.8. The molecule has 1 aliphatic rings. The molecular weight excluding hydrogens is 360 g/mol. The topological polar surface area (TPSA) is 99.0 Å². The Morgan fingerprint density at radius 3 is 2.57 bits per heavy atom. The van der Waals surface area contributed by atoms with E-state index in [1.807, 2.05) is 35.2 Å². The number of benzene rings is 2. The van der Waals surface area contributed by atoms with Gasteiger partial charge in [-0.25, -0.2) is 0 Å². The van der Waals surface area contributed by atoms with Crippen molar-refractivity contribution in [2.75, 3.05) is 43.0 Å². The van der Waals surface area contributed by atoms with Gasteiger partial charge in [-0.15, -0.1) is 0 Å². The highest BCUT2D eigenvalue weighted by atomic mass is 16.6. The highest BCUT2D eigenvalue weighted by Crippen LogP contribution is 2.24. The number of aliphatic hydroxyl groups excluding tert-OH is 1. The number of rotatable bonds is 7. The zero-order chi connectivity index (χ0) is 19.9. The molecule has 1 atom stereocenters. The fourth-order valence-electron chi connectivity index (χ4n) is 3.55. The van der Waals surface area contributed by atoms with Crippen molar-refractivity contribution in [1.29, 1.82) is 0 Å². The Balaban J connectivity index is 1.62. The number of nitro benzene ring substituents is 1. The summed E-state index contributed by atoms with van der Waals surface area (Å²) in [7, 11) is 0. The first-order valence-corrected chi connectivity index (χ1v) is 9.26. The molecule has 1 saturated heterocycles. The summed E-state index contributed by atoms with van der Waals surface area (Å²) in [4.78, 5) is 27.3. The lowest BCUT2D eigenvalue weighted by molar-refractivity contribution is -0.383. The van der Waals surface area contributed by atoms with E-state index in [2.05, 4.69) is 10.2 Å². The molecule has 0 bridgehead atoms. The molecule has 0 spiro atoms. The minimum atomic E-state index is -0.508. The van der Waals surface area contributed by atoms with Gasteiger partial charge in [0.1, 0.15) is 5.69 Å². The van der Waals surface area contributed by atoms with Crippen molar-refractivity contribution < 1.29 is 14.8 Å². The van der Waals surface area contributed by atoms with E-state index in [1.165, 1.54) is 12.1 Å². The van der Waals surface area contributed by atoms with Gasteiger partial charge in [-0.2, -0.15) is 0 Å². The van der Waals surface area contributed by atoms with Crippen molar-refractivity contribution in [2.45, 2.75) is 12.5 Å². The van der Waals surface area contributed by atoms with E-state index >= 15 is 0 Å². The number of piperazine rings is 1. The molecule has 8 nitrogen and oxygen atoms in total. The summed E-state index contributed by atoms with van der Waals surface area (Å²) in [5.74, 6) is -0.287. The predicted octanol–water partition coefficient (Wildman–Crippen LogP) is 2.11. The van der Waals surface area contributed by atoms with Gasteiger partial charge in [0, 0.05) is 44.0 Å². The second-order valence-electron chi connectivity index (χ2n) is 6.75. The summed E-state index contributed by atoms with van der Waals surface area (Å²) < 4.78 is 0. The maximum atomic E-state index is 12.4. The molecule has 3 rings (SSSR count). The number of nitro groups is 1. The summed E-state index contributed by atoms with van der Waals surface area (Å²) in [5.41, 5.74) is 1.18. The Bertz CT molecular complexity index is 815. The predicted molar refractivity (Wildman–Crippen MR) is 107 cm³/mol. The van der Waals surface area contributed by atoms with E-state index in [4.69, 9.17) is 0 Å². The fraction of sp³-hybridized carbons (Fsp3) is 0.350. The van der Waals surface area contributed by atoms with E-state index < -0.39 is 4.92 Å². The standard InChI is InChI=1S/C20H24N4O4/c25-13-10-17-14-22(11-12-23(17)16-6-2-1-3-7-16)15-20(26)21-18-8-4-5-9-19(18)24(27)28/h1-9,17,25H,10-15H2,(H,21,26). The van der Waals surface area contributed by atoms with E-state index in [9.17, 15) is 20.0 Å². The Kier molecular flexibility index (Phi) is 6.57. The second kappa shape index (κ2) is 9.29. The summed E-state index contributed by atoms with van der Waals surface area (Å²) in [6, 6.07) is 16.2. The molecule has 1 amide bonds. The minimum Gasteiger partial charge on any atom is -0.396 e. The Hall–Kier alpha value is -2.97. The molecule has 148 valence electrons. The van der Waals surface area contributed by atoms with E-state index in [0.717, 1.165) is 12.2 Å². The van der Waals surface area contributed by atoms with Crippen LogP contribution < -0.4 is 10.2 Å². The van der Waals surface area contributed by atoms with Crippen LogP contribution in [0.15, 0.2) is 54.6 Å². The number of nitrogens with one attached hydrogen (secondary N) is 1. The number of anilines is 2. The third-order valence-electron chi connectivity index (χ3n) is 4.86. The third-order valence-corrected chi connectivity index (χ3v) is 4.86. The molecule has 1 unspecified atom stereocenters. The highest BCUT2D eigenvalue weighted by Gasteiger charge is 2.28. The smallest absolute Gasteiger partial charge is 0.292 e. The van der Waals surface area contributed by atoms with Crippen LogP contribution in [0.1, 0.15) is 6.42 Å². The molecule has 1 heterocycles. The molecule has 1 fully saturated rings. The largest absolute Gasteiger partial charge is 0.396 e. The van der Waals surface area contributed by atoms with Gasteiger partial charge >= 0.3 is 0 Å². The molecule has 2 N–H and O–H groups in total. The van der Waals surface area contributed by atoms with Gasteiger partial charge in [-0.05, 0) is 24.6 Å². The SMILES string of the molecule is O=C(CN1CCN(c2ccccc2)C(CCO)C1)Nc1ccccc1[N+](=O)[O-]. The maximum absolute atomic E-state index is 12.4. The van der Waals surface area contributed by atoms with Crippen LogP contribution in [-0.4, -0.2) is 59.7 Å². The van der Waals surface area contributed by atoms with E-state index in [-0.39, 0.29) is 36.5 Å². The average Bonchev–Trinajstić information content (AvgIpc) is 2.69. The van der Waals surface area contributed by atoms with Gasteiger partial charge in [-0.1, -0.05) is 30.3 Å².